The van der Waals surface area contributed by atoms with E-state index in [1.165, 1.54) is 0 Å². The Morgan fingerprint density at radius 3 is 2.37 bits per heavy atom. The number of ether oxygens (including phenoxy) is 2. The first-order chi connectivity index (χ1) is 19.8. The highest BCUT2D eigenvalue weighted by atomic mass is 35.5. The smallest absolute Gasteiger partial charge is 0.291 e. The van der Waals surface area contributed by atoms with Crippen molar-refractivity contribution in [1.29, 1.82) is 0 Å². The topological polar surface area (TPSA) is 69.0 Å². The van der Waals surface area contributed by atoms with Crippen LogP contribution < -0.4 is 14.9 Å². The maximum atomic E-state index is 14.0. The Bertz CT molecular complexity index is 1830. The van der Waals surface area contributed by atoms with Gasteiger partial charge in [-0.15, -0.1) is 0 Å². The third-order valence-electron chi connectivity index (χ3n) is 7.46. The second-order valence-corrected chi connectivity index (χ2v) is 10.7. The van der Waals surface area contributed by atoms with Crippen LogP contribution in [0.15, 0.2) is 94.1 Å². The summed E-state index contributed by atoms with van der Waals surface area (Å²) in [5, 5.41) is 0.799. The summed E-state index contributed by atoms with van der Waals surface area (Å²) in [5.41, 5.74) is 4.89. The number of fused-ring (bicyclic) bond motifs is 2. The molecule has 2 heterocycles. The molecule has 6 rings (SSSR count). The van der Waals surface area contributed by atoms with Crippen LogP contribution in [0.1, 0.15) is 50.0 Å². The molecule has 7 heteroatoms. The number of carbonyl (C=O) groups excluding carboxylic acids is 1. The van der Waals surface area contributed by atoms with Crippen LogP contribution in [0.3, 0.4) is 0 Å². The van der Waals surface area contributed by atoms with Crippen LogP contribution in [0.5, 0.6) is 11.5 Å². The van der Waals surface area contributed by atoms with Gasteiger partial charge in [0.05, 0.1) is 24.1 Å². The number of benzene rings is 4. The van der Waals surface area contributed by atoms with E-state index in [1.54, 1.807) is 24.1 Å². The average Bonchev–Trinajstić information content (AvgIpc) is 3.25. The fourth-order valence-electron chi connectivity index (χ4n) is 5.25. The van der Waals surface area contributed by atoms with Gasteiger partial charge in [-0.3, -0.25) is 9.59 Å². The Morgan fingerprint density at radius 1 is 0.878 bits per heavy atom. The molecule has 6 nitrogen and oxygen atoms in total. The fourth-order valence-corrected chi connectivity index (χ4v) is 5.41. The minimum atomic E-state index is -0.698. The van der Waals surface area contributed by atoms with Gasteiger partial charge in [0.1, 0.15) is 12.2 Å². The maximum absolute atomic E-state index is 14.0. The first-order valence-electron chi connectivity index (χ1n) is 13.3. The second-order valence-electron chi connectivity index (χ2n) is 10.3. The first kappa shape index (κ1) is 26.7. The Hall–Kier alpha value is -4.55. The number of hydrogen-bond donors (Lipinski definition) is 0. The molecule has 41 heavy (non-hydrogen) atoms. The van der Waals surface area contributed by atoms with E-state index >= 15 is 0 Å². The second kappa shape index (κ2) is 10.8. The van der Waals surface area contributed by atoms with Gasteiger partial charge >= 0.3 is 0 Å². The van der Waals surface area contributed by atoms with Crippen molar-refractivity contribution >= 4 is 28.5 Å². The lowest BCUT2D eigenvalue weighted by atomic mass is 9.97. The van der Waals surface area contributed by atoms with Crippen molar-refractivity contribution in [2.24, 2.45) is 0 Å². The molecule has 0 aliphatic carbocycles. The minimum absolute atomic E-state index is 0.0460. The summed E-state index contributed by atoms with van der Waals surface area (Å²) >= 11 is 6.38. The summed E-state index contributed by atoms with van der Waals surface area (Å²) in [5.74, 6) is 0.756. The molecule has 0 spiro atoms. The van der Waals surface area contributed by atoms with E-state index in [2.05, 4.69) is 0 Å². The fraction of sp³-hybridized carbons (Fsp3) is 0.176. The number of carbonyl (C=O) groups is 1. The van der Waals surface area contributed by atoms with Crippen LogP contribution in [0.4, 0.5) is 0 Å². The van der Waals surface area contributed by atoms with Crippen molar-refractivity contribution in [2.75, 3.05) is 7.11 Å². The van der Waals surface area contributed by atoms with Crippen LogP contribution in [0.2, 0.25) is 5.02 Å². The highest BCUT2D eigenvalue weighted by molar-refractivity contribution is 6.32. The minimum Gasteiger partial charge on any atom is -0.493 e. The number of halogens is 1. The zero-order valence-electron chi connectivity index (χ0n) is 22.9. The highest BCUT2D eigenvalue weighted by Gasteiger charge is 2.43. The molecule has 0 N–H and O–H groups in total. The quantitative estimate of drug-likeness (QED) is 0.206. The van der Waals surface area contributed by atoms with Gasteiger partial charge in [0.2, 0.25) is 5.76 Å². The molecule has 0 fully saturated rings. The number of hydrogen-bond acceptors (Lipinski definition) is 5. The van der Waals surface area contributed by atoms with Crippen LogP contribution in [0, 0.1) is 13.8 Å². The molecule has 4 aromatic carbocycles. The van der Waals surface area contributed by atoms with E-state index in [1.807, 2.05) is 86.6 Å². The number of methoxy groups -OCH3 is 1. The molecule has 1 unspecified atom stereocenters. The normalized spacial score (nSPS) is 14.4. The SMILES string of the molecule is COc1cc(C2c3c(oc4cc(C)c(Cl)cc4c3=O)C(=O)N2Cc2ccc(C)cc2)ccc1OCc1ccccc1. The maximum Gasteiger partial charge on any atom is 0.291 e. The standard InChI is InChI=1S/C34H28ClNO5/c1-20-9-11-22(12-10-20)18-36-31(24-13-14-27(29(16-24)39-3)40-19-23-7-5-4-6-8-23)30-32(37)25-17-26(35)21(2)15-28(25)41-33(30)34(36)38/h4-17,31H,18-19H2,1-3H3. The van der Waals surface area contributed by atoms with Crippen LogP contribution in [-0.4, -0.2) is 17.9 Å². The molecule has 206 valence electrons. The van der Waals surface area contributed by atoms with E-state index < -0.39 is 6.04 Å². The van der Waals surface area contributed by atoms with E-state index in [0.29, 0.717) is 39.7 Å². The summed E-state index contributed by atoms with van der Waals surface area (Å²) < 4.78 is 17.9. The van der Waals surface area contributed by atoms with Crippen molar-refractivity contribution in [3.63, 3.8) is 0 Å². The lowest BCUT2D eigenvalue weighted by molar-refractivity contribution is 0.0714. The molecule has 0 radical (unpaired) electrons. The summed E-state index contributed by atoms with van der Waals surface area (Å²) in [6.45, 7) is 4.50. The predicted molar refractivity (Wildman–Crippen MR) is 159 cm³/mol. The number of amides is 1. The lowest BCUT2D eigenvalue weighted by Crippen LogP contribution is -2.29. The first-order valence-corrected chi connectivity index (χ1v) is 13.7. The van der Waals surface area contributed by atoms with Gasteiger partial charge in [0.25, 0.3) is 5.91 Å². The van der Waals surface area contributed by atoms with Crippen molar-refractivity contribution in [3.8, 4) is 11.5 Å². The van der Waals surface area contributed by atoms with Crippen molar-refractivity contribution < 1.29 is 18.7 Å². The summed E-state index contributed by atoms with van der Waals surface area (Å²) in [6, 6.07) is 25.9. The van der Waals surface area contributed by atoms with Gasteiger partial charge in [-0.2, -0.15) is 0 Å². The summed E-state index contributed by atoms with van der Waals surface area (Å²) in [7, 11) is 1.57. The van der Waals surface area contributed by atoms with Crippen molar-refractivity contribution in [1.82, 2.24) is 4.90 Å². The summed E-state index contributed by atoms with van der Waals surface area (Å²) in [6.07, 6.45) is 0. The lowest BCUT2D eigenvalue weighted by Gasteiger charge is -2.26. The highest BCUT2D eigenvalue weighted by Crippen LogP contribution is 2.42. The van der Waals surface area contributed by atoms with Gasteiger partial charge in [0.15, 0.2) is 16.9 Å². The van der Waals surface area contributed by atoms with E-state index in [0.717, 1.165) is 22.3 Å². The third kappa shape index (κ3) is 4.96. The van der Waals surface area contributed by atoms with E-state index in [4.69, 9.17) is 25.5 Å². The van der Waals surface area contributed by atoms with Gasteiger partial charge in [-0.05, 0) is 60.4 Å². The van der Waals surface area contributed by atoms with Crippen molar-refractivity contribution in [3.05, 3.63) is 139 Å². The monoisotopic (exact) mass is 565 g/mol. The Labute approximate surface area is 242 Å². The molecular weight excluding hydrogens is 538 g/mol. The number of rotatable bonds is 7. The number of aryl methyl sites for hydroxylation is 2. The Kier molecular flexibility index (Phi) is 7.01. The van der Waals surface area contributed by atoms with Gasteiger partial charge in [0, 0.05) is 11.6 Å². The van der Waals surface area contributed by atoms with Gasteiger partial charge in [-0.25, -0.2) is 0 Å². The molecule has 1 aromatic heterocycles. The van der Waals surface area contributed by atoms with Crippen LogP contribution in [0.25, 0.3) is 11.0 Å². The zero-order valence-corrected chi connectivity index (χ0v) is 23.7. The zero-order chi connectivity index (χ0) is 28.7. The number of nitrogens with zero attached hydrogens (tertiary/aromatic N) is 1. The predicted octanol–water partition coefficient (Wildman–Crippen LogP) is 7.40. The molecule has 0 saturated carbocycles. The van der Waals surface area contributed by atoms with Crippen LogP contribution in [-0.2, 0) is 13.2 Å². The molecule has 5 aromatic rings. The third-order valence-corrected chi connectivity index (χ3v) is 7.87. The average molecular weight is 566 g/mol. The van der Waals surface area contributed by atoms with E-state index in [-0.39, 0.29) is 29.2 Å². The summed E-state index contributed by atoms with van der Waals surface area (Å²) in [4.78, 5) is 29.5. The molecule has 1 aliphatic heterocycles. The molecule has 0 saturated heterocycles. The van der Waals surface area contributed by atoms with Gasteiger partial charge in [-0.1, -0.05) is 77.8 Å². The Morgan fingerprint density at radius 2 is 1.63 bits per heavy atom. The van der Waals surface area contributed by atoms with Crippen molar-refractivity contribution in [2.45, 2.75) is 33.0 Å². The van der Waals surface area contributed by atoms with Gasteiger partial charge < -0.3 is 18.8 Å². The molecule has 1 amide bonds. The van der Waals surface area contributed by atoms with Crippen LogP contribution >= 0.6 is 11.6 Å². The molecule has 1 aliphatic rings. The molecule has 0 bridgehead atoms. The molecule has 1 atom stereocenters. The van der Waals surface area contributed by atoms with E-state index in [9.17, 15) is 9.59 Å². The largest absolute Gasteiger partial charge is 0.493 e. The molecular formula is C34H28ClNO5. The Balaban J connectivity index is 1.46.